The molecule has 5 aliphatic rings. The van der Waals surface area contributed by atoms with Crippen molar-refractivity contribution in [3.8, 4) is 5.75 Å². The maximum absolute atomic E-state index is 6.91. The molecule has 0 bridgehead atoms. The second-order valence-electron chi connectivity index (χ2n) is 9.08. The van der Waals surface area contributed by atoms with Crippen LogP contribution in [0.25, 0.3) is 0 Å². The van der Waals surface area contributed by atoms with Crippen LogP contribution in [-0.4, -0.2) is 36.1 Å². The molecule has 154 valence electrons. The van der Waals surface area contributed by atoms with Crippen molar-refractivity contribution in [3.63, 3.8) is 0 Å². The summed E-state index contributed by atoms with van der Waals surface area (Å²) >= 11 is 0. The average molecular weight is 409 g/mol. The minimum Gasteiger partial charge on any atom is -0.630 e. The molecule has 1 spiro atoms. The lowest BCUT2D eigenvalue weighted by Crippen LogP contribution is -2.63. The number of benzene rings is 1. The number of rotatable bonds is 2. The Bertz CT molecular complexity index is 1170. The van der Waals surface area contributed by atoms with E-state index in [9.17, 15) is 0 Å². The van der Waals surface area contributed by atoms with E-state index in [1.807, 2.05) is 42.5 Å². The van der Waals surface area contributed by atoms with Crippen LogP contribution in [0.1, 0.15) is 44.6 Å². The van der Waals surface area contributed by atoms with Gasteiger partial charge in [0.2, 0.25) is 0 Å². The maximum Gasteiger partial charge on any atom is 0.620 e. The van der Waals surface area contributed by atoms with Gasteiger partial charge in [0.15, 0.2) is 0 Å². The molecular formula is C25H25B2NO3. The van der Waals surface area contributed by atoms with Crippen molar-refractivity contribution in [1.29, 1.82) is 0 Å². The van der Waals surface area contributed by atoms with E-state index >= 15 is 0 Å². The first-order valence-corrected chi connectivity index (χ1v) is 11.4. The van der Waals surface area contributed by atoms with Crippen LogP contribution in [0.15, 0.2) is 83.1 Å². The molecule has 0 amide bonds. The molecule has 6 heteroatoms. The normalized spacial score (nSPS) is 27.7. The molecule has 2 fully saturated rings. The fourth-order valence-electron chi connectivity index (χ4n) is 5.60. The highest BCUT2D eigenvalue weighted by atomic mass is 16.7. The van der Waals surface area contributed by atoms with Gasteiger partial charge in [-0.05, 0) is 42.6 Å². The molecule has 2 heterocycles. The zero-order valence-corrected chi connectivity index (χ0v) is 17.8. The van der Waals surface area contributed by atoms with Crippen LogP contribution in [0.3, 0.4) is 0 Å². The Morgan fingerprint density at radius 1 is 1.03 bits per heavy atom. The fourth-order valence-corrected chi connectivity index (χ4v) is 5.60. The summed E-state index contributed by atoms with van der Waals surface area (Å²) in [6.45, 7) is 0.884. The Hall–Kier alpha value is -2.74. The van der Waals surface area contributed by atoms with Crippen LogP contribution in [-0.2, 0) is 9.23 Å². The van der Waals surface area contributed by atoms with Crippen molar-refractivity contribution in [2.45, 2.75) is 44.6 Å². The van der Waals surface area contributed by atoms with Gasteiger partial charge in [-0.25, -0.2) is 0 Å². The standard InChI is InChI=1S/C25H25B2NO3/c1-20-23-15-7-8-16-24(23)29-27(22-13-5-6-14-22)28(20)19-25(17-9-2-10-18-25)30-26(31-27)21-11-3-4-12-21/h3-8,11,13,15-16H,2,9-10,17-19H2,1H3. The summed E-state index contributed by atoms with van der Waals surface area (Å²) < 4.78 is 22.9. The van der Waals surface area contributed by atoms with Crippen molar-refractivity contribution in [2.24, 2.45) is 0 Å². The number of fused-ring (bicyclic) bond motifs is 2. The van der Waals surface area contributed by atoms with Gasteiger partial charge >= 0.3 is 13.8 Å². The molecule has 1 saturated carbocycles. The first-order valence-electron chi connectivity index (χ1n) is 11.4. The van der Waals surface area contributed by atoms with E-state index in [2.05, 4.69) is 41.1 Å². The van der Waals surface area contributed by atoms with Crippen molar-refractivity contribution in [1.82, 2.24) is 0 Å². The highest BCUT2D eigenvalue weighted by molar-refractivity contribution is 6.78. The highest BCUT2D eigenvalue weighted by Crippen LogP contribution is 2.42. The molecule has 1 saturated heterocycles. The van der Waals surface area contributed by atoms with Gasteiger partial charge in [0.25, 0.3) is 0 Å². The molecule has 0 aromatic heterocycles. The first-order chi connectivity index (χ1) is 15.2. The largest absolute Gasteiger partial charge is 0.630 e. The average Bonchev–Trinajstić information content (AvgIpc) is 3.50. The van der Waals surface area contributed by atoms with E-state index in [0.717, 1.165) is 47.4 Å². The Balaban J connectivity index is 1.58. The quantitative estimate of drug-likeness (QED) is 0.534. The Morgan fingerprint density at radius 3 is 2.61 bits per heavy atom. The molecule has 0 radical (unpaired) electrons. The van der Waals surface area contributed by atoms with E-state index in [1.54, 1.807) is 0 Å². The van der Waals surface area contributed by atoms with Gasteiger partial charge in [-0.3, -0.25) is 0 Å². The summed E-state index contributed by atoms with van der Waals surface area (Å²) in [6, 6.07) is 8.23. The molecule has 1 aromatic carbocycles. The molecule has 4 nitrogen and oxygen atoms in total. The third kappa shape index (κ3) is 2.99. The summed E-state index contributed by atoms with van der Waals surface area (Å²) in [4.78, 5) is 0. The second-order valence-corrected chi connectivity index (χ2v) is 9.08. The predicted molar refractivity (Wildman–Crippen MR) is 123 cm³/mol. The first kappa shape index (κ1) is 19.0. The predicted octanol–water partition coefficient (Wildman–Crippen LogP) is 4.46. The summed E-state index contributed by atoms with van der Waals surface area (Å²) in [5.41, 5.74) is 10.5. The van der Waals surface area contributed by atoms with Crippen LogP contribution in [0.2, 0.25) is 0 Å². The summed E-state index contributed by atoms with van der Waals surface area (Å²) in [5.74, 6) is 0.843. The number of hydrogen-bond donors (Lipinski definition) is 0. The van der Waals surface area contributed by atoms with Crippen molar-refractivity contribution in [2.75, 3.05) is 6.54 Å². The molecule has 6 rings (SSSR count). The van der Waals surface area contributed by atoms with Gasteiger partial charge in [0.1, 0.15) is 17.9 Å². The monoisotopic (exact) mass is 409 g/mol. The van der Waals surface area contributed by atoms with E-state index < -0.39 is 13.8 Å². The number of hydrogen-bond acceptors (Lipinski definition) is 3. The van der Waals surface area contributed by atoms with Crippen LogP contribution >= 0.6 is 0 Å². The van der Waals surface area contributed by atoms with Gasteiger partial charge in [0.05, 0.1) is 11.3 Å². The molecule has 0 N–H and O–H groups in total. The lowest BCUT2D eigenvalue weighted by atomic mass is 9.57. The molecular weight excluding hydrogens is 384 g/mol. The number of nitrogens with zero attached hydrogens (tertiary/aromatic N) is 1. The maximum atomic E-state index is 6.91. The summed E-state index contributed by atoms with van der Waals surface area (Å²) in [7, 11) is -0.542. The Kier molecular flexibility index (Phi) is 4.38. The number of para-hydroxylation sites is 1. The van der Waals surface area contributed by atoms with Gasteiger partial charge in [-0.2, -0.15) is 0 Å². The molecule has 3 aliphatic carbocycles. The Labute approximate surface area is 183 Å². The highest BCUT2D eigenvalue weighted by Gasteiger charge is 2.60. The fraction of sp³-hybridized carbons (Fsp3) is 0.320. The van der Waals surface area contributed by atoms with E-state index in [1.165, 1.54) is 19.3 Å². The minimum absolute atomic E-state index is 0.277. The lowest BCUT2D eigenvalue weighted by Gasteiger charge is -2.43. The van der Waals surface area contributed by atoms with E-state index in [-0.39, 0.29) is 5.60 Å². The van der Waals surface area contributed by atoms with Crippen LogP contribution < -0.4 is 4.65 Å². The summed E-state index contributed by atoms with van der Waals surface area (Å²) in [5, 5.41) is 0. The van der Waals surface area contributed by atoms with Crippen LogP contribution in [0, 0.1) is 0 Å². The SMILES string of the molecule is CC1=[N+]2CC3(CCCCC3)OB(C3=C=CC=C3)O[B-]2(C2=C=CC=C2)Oc2ccccc21. The van der Waals surface area contributed by atoms with Gasteiger partial charge in [-0.15, -0.1) is 11.5 Å². The van der Waals surface area contributed by atoms with Gasteiger partial charge in [-0.1, -0.05) is 55.7 Å². The molecule has 1 atom stereocenters. The third-order valence-electron chi connectivity index (χ3n) is 7.18. The number of allylic oxidation sites excluding steroid dienone is 6. The molecule has 2 aliphatic heterocycles. The van der Waals surface area contributed by atoms with Crippen LogP contribution in [0.4, 0.5) is 0 Å². The zero-order chi connectivity index (χ0) is 20.9. The smallest absolute Gasteiger partial charge is 0.620 e. The van der Waals surface area contributed by atoms with Gasteiger partial charge < -0.3 is 18.4 Å². The van der Waals surface area contributed by atoms with Crippen molar-refractivity contribution >= 4 is 19.5 Å². The second kappa shape index (κ2) is 7.15. The van der Waals surface area contributed by atoms with Gasteiger partial charge in [0, 0.05) is 12.4 Å². The van der Waals surface area contributed by atoms with Crippen molar-refractivity contribution in [3.05, 3.63) is 88.7 Å². The molecule has 1 unspecified atom stereocenters. The zero-order valence-electron chi connectivity index (χ0n) is 17.8. The molecule has 31 heavy (non-hydrogen) atoms. The molecule has 1 aromatic rings. The third-order valence-corrected chi connectivity index (χ3v) is 7.18. The Morgan fingerprint density at radius 2 is 1.84 bits per heavy atom. The van der Waals surface area contributed by atoms with E-state index in [0.29, 0.717) is 0 Å². The summed E-state index contributed by atoms with van der Waals surface area (Å²) in [6.07, 6.45) is 17.6. The topological polar surface area (TPSA) is 30.7 Å². The minimum atomic E-state index is -2.03. The van der Waals surface area contributed by atoms with Crippen molar-refractivity contribution < 1.29 is 18.4 Å². The van der Waals surface area contributed by atoms with E-state index in [4.69, 9.17) is 13.9 Å². The lowest BCUT2D eigenvalue weighted by molar-refractivity contribution is -0.446. The van der Waals surface area contributed by atoms with Crippen LogP contribution in [0.5, 0.6) is 5.75 Å².